The number of nitrogens with one attached hydrogen (secondary N) is 2. The maximum Gasteiger partial charge on any atom is 0.257 e. The number of carbonyl (C=O) groups is 2. The average Bonchev–Trinajstić information content (AvgIpc) is 2.66. The molecule has 0 radical (unpaired) electrons. The van der Waals surface area contributed by atoms with E-state index in [4.69, 9.17) is 11.6 Å². The first-order chi connectivity index (χ1) is 13.4. The molecule has 28 heavy (non-hydrogen) atoms. The third-order valence-corrected chi connectivity index (χ3v) is 4.23. The standard InChI is InChI=1S/C21H18ClN3O3/c1-14(26)23-18-7-9-19(10-8-18)24-21(28)16-4-11-20(27)25(13-16)12-15-2-5-17(22)6-3-15/h2-11,13H,12H2,1H3,(H,23,26)(H,24,28). The van der Waals surface area contributed by atoms with Crippen LogP contribution >= 0.6 is 11.6 Å². The van der Waals surface area contributed by atoms with E-state index in [0.29, 0.717) is 28.5 Å². The summed E-state index contributed by atoms with van der Waals surface area (Å²) >= 11 is 5.88. The van der Waals surface area contributed by atoms with Crippen LogP contribution in [0.4, 0.5) is 11.4 Å². The van der Waals surface area contributed by atoms with Gasteiger partial charge in [0.25, 0.3) is 11.5 Å². The van der Waals surface area contributed by atoms with Crippen LogP contribution in [0.5, 0.6) is 0 Å². The lowest BCUT2D eigenvalue weighted by Crippen LogP contribution is -2.22. The zero-order valence-corrected chi connectivity index (χ0v) is 15.9. The van der Waals surface area contributed by atoms with Gasteiger partial charge in [0.1, 0.15) is 0 Å². The molecule has 0 aliphatic carbocycles. The second-order valence-corrected chi connectivity index (χ2v) is 6.66. The number of nitrogens with zero attached hydrogens (tertiary/aromatic N) is 1. The summed E-state index contributed by atoms with van der Waals surface area (Å²) in [7, 11) is 0. The highest BCUT2D eigenvalue weighted by atomic mass is 35.5. The van der Waals surface area contributed by atoms with E-state index in [0.717, 1.165) is 5.56 Å². The Morgan fingerprint density at radius 3 is 2.11 bits per heavy atom. The van der Waals surface area contributed by atoms with Crippen molar-refractivity contribution in [3.05, 3.63) is 93.4 Å². The fourth-order valence-electron chi connectivity index (χ4n) is 2.62. The van der Waals surface area contributed by atoms with E-state index in [1.165, 1.54) is 29.8 Å². The summed E-state index contributed by atoms with van der Waals surface area (Å²) in [5.41, 5.74) is 2.28. The summed E-state index contributed by atoms with van der Waals surface area (Å²) in [5, 5.41) is 6.05. The molecular weight excluding hydrogens is 378 g/mol. The summed E-state index contributed by atoms with van der Waals surface area (Å²) < 4.78 is 1.47. The Labute approximate surface area is 166 Å². The molecule has 6 nitrogen and oxygen atoms in total. The Bertz CT molecular complexity index is 1060. The van der Waals surface area contributed by atoms with E-state index in [1.54, 1.807) is 36.4 Å². The smallest absolute Gasteiger partial charge is 0.257 e. The van der Waals surface area contributed by atoms with Gasteiger partial charge >= 0.3 is 0 Å². The van der Waals surface area contributed by atoms with Crippen molar-refractivity contribution in [2.75, 3.05) is 10.6 Å². The van der Waals surface area contributed by atoms with Gasteiger partial charge in [0.2, 0.25) is 5.91 Å². The van der Waals surface area contributed by atoms with Gasteiger partial charge in [-0.05, 0) is 48.0 Å². The number of rotatable bonds is 5. The lowest BCUT2D eigenvalue weighted by atomic mass is 10.2. The predicted molar refractivity (Wildman–Crippen MR) is 110 cm³/mol. The second kappa shape index (κ2) is 8.54. The number of aromatic nitrogens is 1. The first-order valence-electron chi connectivity index (χ1n) is 8.55. The van der Waals surface area contributed by atoms with Gasteiger partial charge in [0.05, 0.1) is 12.1 Å². The van der Waals surface area contributed by atoms with Crippen molar-refractivity contribution in [3.63, 3.8) is 0 Å². The van der Waals surface area contributed by atoms with E-state index < -0.39 is 0 Å². The third kappa shape index (κ3) is 5.08. The van der Waals surface area contributed by atoms with Crippen LogP contribution in [0.3, 0.4) is 0 Å². The Hall–Kier alpha value is -3.38. The van der Waals surface area contributed by atoms with Crippen molar-refractivity contribution in [2.45, 2.75) is 13.5 Å². The van der Waals surface area contributed by atoms with E-state index in [9.17, 15) is 14.4 Å². The zero-order valence-electron chi connectivity index (χ0n) is 15.1. The molecule has 0 aliphatic heterocycles. The molecule has 0 aliphatic rings. The van der Waals surface area contributed by atoms with E-state index in [1.807, 2.05) is 12.1 Å². The molecule has 0 unspecified atom stereocenters. The van der Waals surface area contributed by atoms with Crippen LogP contribution in [0.15, 0.2) is 71.7 Å². The highest BCUT2D eigenvalue weighted by Gasteiger charge is 2.09. The maximum atomic E-state index is 12.5. The third-order valence-electron chi connectivity index (χ3n) is 3.97. The minimum absolute atomic E-state index is 0.167. The summed E-state index contributed by atoms with van der Waals surface area (Å²) in [5.74, 6) is -0.503. The van der Waals surface area contributed by atoms with Gasteiger partial charge in [0, 0.05) is 35.6 Å². The molecule has 0 saturated heterocycles. The average molecular weight is 396 g/mol. The minimum atomic E-state index is -0.336. The van der Waals surface area contributed by atoms with Gasteiger partial charge < -0.3 is 15.2 Å². The Morgan fingerprint density at radius 1 is 0.893 bits per heavy atom. The molecule has 0 spiro atoms. The summed E-state index contributed by atoms with van der Waals surface area (Å²) in [4.78, 5) is 35.7. The number of hydrogen-bond donors (Lipinski definition) is 2. The largest absolute Gasteiger partial charge is 0.326 e. The highest BCUT2D eigenvalue weighted by Crippen LogP contribution is 2.15. The molecule has 2 amide bonds. The number of carbonyl (C=O) groups excluding carboxylic acids is 2. The fourth-order valence-corrected chi connectivity index (χ4v) is 2.75. The van der Waals surface area contributed by atoms with Gasteiger partial charge in [-0.15, -0.1) is 0 Å². The van der Waals surface area contributed by atoms with Crippen LogP contribution in [-0.2, 0) is 11.3 Å². The lowest BCUT2D eigenvalue weighted by molar-refractivity contribution is -0.114. The van der Waals surface area contributed by atoms with Crippen LogP contribution in [0, 0.1) is 0 Å². The number of benzene rings is 2. The van der Waals surface area contributed by atoms with Crippen LogP contribution in [0.25, 0.3) is 0 Å². The van der Waals surface area contributed by atoms with Crippen LogP contribution in [0.2, 0.25) is 5.02 Å². The van der Waals surface area contributed by atoms with E-state index in [2.05, 4.69) is 10.6 Å². The van der Waals surface area contributed by atoms with Crippen LogP contribution in [-0.4, -0.2) is 16.4 Å². The first kappa shape index (κ1) is 19.4. The Kier molecular flexibility index (Phi) is 5.91. The van der Waals surface area contributed by atoms with Gasteiger partial charge in [-0.25, -0.2) is 0 Å². The molecule has 7 heteroatoms. The normalized spacial score (nSPS) is 10.4. The van der Waals surface area contributed by atoms with Crippen LogP contribution < -0.4 is 16.2 Å². The predicted octanol–water partition coefficient (Wildman–Crippen LogP) is 3.76. The quantitative estimate of drug-likeness (QED) is 0.690. The molecule has 3 rings (SSSR count). The van der Waals surface area contributed by atoms with Gasteiger partial charge in [0.15, 0.2) is 0 Å². The van der Waals surface area contributed by atoms with Crippen LogP contribution in [0.1, 0.15) is 22.8 Å². The molecule has 0 atom stereocenters. The molecular formula is C21H18ClN3O3. The van der Waals surface area contributed by atoms with Crippen molar-refractivity contribution in [3.8, 4) is 0 Å². The van der Waals surface area contributed by atoms with Crippen molar-refractivity contribution in [1.29, 1.82) is 0 Å². The first-order valence-corrected chi connectivity index (χ1v) is 8.92. The molecule has 0 bridgehead atoms. The Morgan fingerprint density at radius 2 is 1.50 bits per heavy atom. The summed E-state index contributed by atoms with van der Waals surface area (Å²) in [6.07, 6.45) is 1.53. The molecule has 142 valence electrons. The summed E-state index contributed by atoms with van der Waals surface area (Å²) in [6, 6.07) is 16.8. The zero-order chi connectivity index (χ0) is 20.1. The maximum absolute atomic E-state index is 12.5. The van der Waals surface area contributed by atoms with Crippen molar-refractivity contribution in [1.82, 2.24) is 4.57 Å². The number of amides is 2. The highest BCUT2D eigenvalue weighted by molar-refractivity contribution is 6.30. The van der Waals surface area contributed by atoms with E-state index in [-0.39, 0.29) is 17.4 Å². The SMILES string of the molecule is CC(=O)Nc1ccc(NC(=O)c2ccc(=O)n(Cc3ccc(Cl)cc3)c2)cc1. The lowest BCUT2D eigenvalue weighted by Gasteiger charge is -2.10. The molecule has 2 aromatic carbocycles. The molecule has 1 heterocycles. The van der Waals surface area contributed by atoms with Crippen molar-refractivity contribution >= 4 is 34.8 Å². The van der Waals surface area contributed by atoms with Gasteiger partial charge in [-0.1, -0.05) is 23.7 Å². The molecule has 0 saturated carbocycles. The second-order valence-electron chi connectivity index (χ2n) is 6.22. The number of halogens is 1. The topological polar surface area (TPSA) is 80.2 Å². The number of hydrogen-bond acceptors (Lipinski definition) is 3. The minimum Gasteiger partial charge on any atom is -0.326 e. The number of anilines is 2. The summed E-state index contributed by atoms with van der Waals surface area (Å²) in [6.45, 7) is 1.76. The molecule has 3 aromatic rings. The van der Waals surface area contributed by atoms with E-state index >= 15 is 0 Å². The van der Waals surface area contributed by atoms with Crippen molar-refractivity contribution in [2.24, 2.45) is 0 Å². The molecule has 0 fully saturated rings. The number of pyridine rings is 1. The fraction of sp³-hybridized carbons (Fsp3) is 0.0952. The van der Waals surface area contributed by atoms with Gasteiger partial charge in [-0.2, -0.15) is 0 Å². The Balaban J connectivity index is 1.74. The monoisotopic (exact) mass is 395 g/mol. The van der Waals surface area contributed by atoms with Crippen molar-refractivity contribution < 1.29 is 9.59 Å². The van der Waals surface area contributed by atoms with Gasteiger partial charge in [-0.3, -0.25) is 14.4 Å². The molecule has 2 N–H and O–H groups in total. The molecule has 1 aromatic heterocycles.